The first-order chi connectivity index (χ1) is 16.3. The largest absolute Gasteiger partial charge is 0.429 e. The zero-order valence-electron chi connectivity index (χ0n) is 19.6. The van der Waals surface area contributed by atoms with Crippen LogP contribution in [0, 0.1) is 41.1 Å². The van der Waals surface area contributed by atoms with Crippen molar-refractivity contribution in [1.29, 1.82) is 0 Å². The molecule has 2 fully saturated rings. The number of benzene rings is 2. The average molecular weight is 481 g/mol. The van der Waals surface area contributed by atoms with E-state index in [1.165, 1.54) is 38.5 Å². The highest BCUT2D eigenvalue weighted by atomic mass is 19.3. The van der Waals surface area contributed by atoms with Gasteiger partial charge in [0.05, 0.1) is 0 Å². The minimum atomic E-state index is -3.56. The molecule has 0 spiro atoms. The predicted molar refractivity (Wildman–Crippen MR) is 124 cm³/mol. The summed E-state index contributed by atoms with van der Waals surface area (Å²) < 4.78 is 74.4. The standard InChI is InChI=1S/C28H33F5O/c1-2-3-18-4-8-20(9-5-18)21-10-6-19(7-11-21)14-15-28(32,33)34-23-12-13-24-22(16-23)17-25(29)27(31)26(24)30/h12-21H,2-11H2,1H3/b15-14+. The zero-order valence-corrected chi connectivity index (χ0v) is 19.6. The van der Waals surface area contributed by atoms with Gasteiger partial charge in [0.1, 0.15) is 5.75 Å². The van der Waals surface area contributed by atoms with E-state index in [2.05, 4.69) is 6.92 Å². The van der Waals surface area contributed by atoms with Crippen molar-refractivity contribution in [2.45, 2.75) is 77.2 Å². The Morgan fingerprint density at radius 2 is 1.53 bits per heavy atom. The molecular formula is C28H33F5O. The van der Waals surface area contributed by atoms with E-state index in [4.69, 9.17) is 4.74 Å². The summed E-state index contributed by atoms with van der Waals surface area (Å²) in [6, 6.07) is 4.09. The van der Waals surface area contributed by atoms with Crippen LogP contribution in [-0.2, 0) is 0 Å². The van der Waals surface area contributed by atoms with Gasteiger partial charge < -0.3 is 4.74 Å². The highest BCUT2D eigenvalue weighted by Gasteiger charge is 2.32. The average Bonchev–Trinajstić information content (AvgIpc) is 2.82. The summed E-state index contributed by atoms with van der Waals surface area (Å²) in [5, 5.41) is -0.239. The van der Waals surface area contributed by atoms with Crippen LogP contribution >= 0.6 is 0 Å². The third-order valence-corrected chi connectivity index (χ3v) is 7.83. The summed E-state index contributed by atoms with van der Waals surface area (Å²) >= 11 is 0. The lowest BCUT2D eigenvalue weighted by Crippen LogP contribution is -2.26. The molecule has 2 saturated carbocycles. The van der Waals surface area contributed by atoms with Crippen molar-refractivity contribution in [3.05, 3.63) is 53.9 Å². The summed E-state index contributed by atoms with van der Waals surface area (Å²) in [5.74, 6) is -2.06. The molecule has 2 aromatic carbocycles. The van der Waals surface area contributed by atoms with Crippen LogP contribution in [0.1, 0.15) is 71.1 Å². The Hall–Kier alpha value is -2.11. The van der Waals surface area contributed by atoms with Crippen LogP contribution in [0.5, 0.6) is 5.75 Å². The Balaban J connectivity index is 1.30. The Labute approximate surface area is 198 Å². The number of halogens is 5. The number of alkyl halides is 2. The van der Waals surface area contributed by atoms with Crippen LogP contribution in [-0.4, -0.2) is 6.11 Å². The van der Waals surface area contributed by atoms with Crippen LogP contribution in [0.3, 0.4) is 0 Å². The maximum Gasteiger partial charge on any atom is 0.419 e. The fourth-order valence-electron chi connectivity index (χ4n) is 5.95. The first kappa shape index (κ1) is 25.0. The summed E-state index contributed by atoms with van der Waals surface area (Å²) in [5.41, 5.74) is 0. The number of fused-ring (bicyclic) bond motifs is 1. The molecule has 0 aliphatic heterocycles. The van der Waals surface area contributed by atoms with Crippen LogP contribution < -0.4 is 4.74 Å². The predicted octanol–water partition coefficient (Wildman–Crippen LogP) is 9.20. The summed E-state index contributed by atoms with van der Waals surface area (Å²) in [6.07, 6.45) is 10.7. The van der Waals surface area contributed by atoms with Gasteiger partial charge in [-0.1, -0.05) is 38.7 Å². The molecule has 4 rings (SSSR count). The van der Waals surface area contributed by atoms with E-state index in [1.54, 1.807) is 6.08 Å². The minimum absolute atomic E-state index is 0.0456. The lowest BCUT2D eigenvalue weighted by molar-refractivity contribution is -0.131. The Morgan fingerprint density at radius 1 is 0.882 bits per heavy atom. The molecule has 0 heterocycles. The molecule has 34 heavy (non-hydrogen) atoms. The zero-order chi connectivity index (χ0) is 24.3. The van der Waals surface area contributed by atoms with Gasteiger partial charge in [-0.3, -0.25) is 0 Å². The SMILES string of the molecule is CCCC1CCC(C2CCC(/C=C/C(F)(F)Oc3ccc4c(F)c(F)c(F)cc4c3)CC2)CC1. The molecule has 2 aliphatic carbocycles. The van der Waals surface area contributed by atoms with Gasteiger partial charge in [0.15, 0.2) is 17.5 Å². The van der Waals surface area contributed by atoms with E-state index in [-0.39, 0.29) is 22.4 Å². The molecule has 0 N–H and O–H groups in total. The number of hydrogen-bond acceptors (Lipinski definition) is 1. The van der Waals surface area contributed by atoms with Crippen LogP contribution in [0.2, 0.25) is 0 Å². The van der Waals surface area contributed by atoms with Gasteiger partial charge in [-0.25, -0.2) is 13.2 Å². The fourth-order valence-corrected chi connectivity index (χ4v) is 5.95. The van der Waals surface area contributed by atoms with Gasteiger partial charge in [0, 0.05) is 11.5 Å². The number of allylic oxidation sites excluding steroid dienone is 1. The van der Waals surface area contributed by atoms with Gasteiger partial charge in [-0.2, -0.15) is 8.78 Å². The summed E-state index contributed by atoms with van der Waals surface area (Å²) in [4.78, 5) is 0. The van der Waals surface area contributed by atoms with Gasteiger partial charge in [-0.05, 0) is 91.8 Å². The molecule has 0 unspecified atom stereocenters. The maximum absolute atomic E-state index is 14.4. The Kier molecular flexibility index (Phi) is 7.83. The van der Waals surface area contributed by atoms with E-state index >= 15 is 0 Å². The van der Waals surface area contributed by atoms with Gasteiger partial charge in [-0.15, -0.1) is 0 Å². The normalized spacial score (nSPS) is 26.3. The second-order valence-corrected chi connectivity index (χ2v) is 10.1. The third-order valence-electron chi connectivity index (χ3n) is 7.83. The molecule has 0 amide bonds. The van der Waals surface area contributed by atoms with Crippen molar-refractivity contribution in [2.75, 3.05) is 0 Å². The molecule has 0 atom stereocenters. The van der Waals surface area contributed by atoms with E-state index in [0.717, 1.165) is 67.9 Å². The lowest BCUT2D eigenvalue weighted by atomic mass is 9.69. The highest BCUT2D eigenvalue weighted by molar-refractivity contribution is 5.84. The first-order valence-electron chi connectivity index (χ1n) is 12.6. The Morgan fingerprint density at radius 3 is 2.18 bits per heavy atom. The monoisotopic (exact) mass is 480 g/mol. The summed E-state index contributed by atoms with van der Waals surface area (Å²) in [7, 11) is 0. The van der Waals surface area contributed by atoms with Crippen molar-refractivity contribution < 1.29 is 26.7 Å². The van der Waals surface area contributed by atoms with Crippen molar-refractivity contribution in [2.24, 2.45) is 23.7 Å². The fraction of sp³-hybridized carbons (Fsp3) is 0.571. The quantitative estimate of drug-likeness (QED) is 0.218. The van der Waals surface area contributed by atoms with Crippen LogP contribution in [0.25, 0.3) is 10.8 Å². The molecule has 0 aromatic heterocycles. The van der Waals surface area contributed by atoms with Gasteiger partial charge in [0.25, 0.3) is 0 Å². The smallest absolute Gasteiger partial charge is 0.419 e. The van der Waals surface area contributed by atoms with Gasteiger partial charge in [0.2, 0.25) is 0 Å². The number of ether oxygens (including phenoxy) is 1. The summed E-state index contributed by atoms with van der Waals surface area (Å²) in [6.45, 7) is 2.25. The van der Waals surface area contributed by atoms with Crippen LogP contribution in [0.15, 0.2) is 36.4 Å². The molecule has 1 nitrogen and oxygen atoms in total. The molecule has 6 heteroatoms. The minimum Gasteiger partial charge on any atom is -0.429 e. The van der Waals surface area contributed by atoms with E-state index in [0.29, 0.717) is 5.92 Å². The molecule has 0 radical (unpaired) electrons. The highest BCUT2D eigenvalue weighted by Crippen LogP contribution is 2.42. The van der Waals surface area contributed by atoms with E-state index < -0.39 is 23.6 Å². The number of rotatable bonds is 7. The lowest BCUT2D eigenvalue weighted by Gasteiger charge is -2.37. The molecule has 2 aliphatic rings. The van der Waals surface area contributed by atoms with Crippen molar-refractivity contribution in [3.8, 4) is 5.75 Å². The maximum atomic E-state index is 14.4. The van der Waals surface area contributed by atoms with E-state index in [9.17, 15) is 22.0 Å². The molecule has 0 saturated heterocycles. The van der Waals surface area contributed by atoms with E-state index in [1.807, 2.05) is 0 Å². The van der Waals surface area contributed by atoms with Crippen LogP contribution in [0.4, 0.5) is 22.0 Å². The van der Waals surface area contributed by atoms with Crippen molar-refractivity contribution in [3.63, 3.8) is 0 Å². The van der Waals surface area contributed by atoms with Crippen molar-refractivity contribution >= 4 is 10.8 Å². The van der Waals surface area contributed by atoms with Gasteiger partial charge >= 0.3 is 6.11 Å². The third kappa shape index (κ3) is 5.92. The Bertz CT molecular complexity index is 1000. The molecule has 2 aromatic rings. The topological polar surface area (TPSA) is 9.23 Å². The number of hydrogen-bond donors (Lipinski definition) is 0. The first-order valence-corrected chi connectivity index (χ1v) is 12.6. The molecular weight excluding hydrogens is 447 g/mol. The molecule has 0 bridgehead atoms. The second kappa shape index (κ2) is 10.7. The second-order valence-electron chi connectivity index (χ2n) is 10.1. The molecule has 186 valence electrons. The van der Waals surface area contributed by atoms with Crippen molar-refractivity contribution in [1.82, 2.24) is 0 Å².